The Morgan fingerprint density at radius 2 is 0.776 bits per heavy atom. The summed E-state index contributed by atoms with van der Waals surface area (Å²) in [5.74, 6) is -1.09. The van der Waals surface area contributed by atoms with Gasteiger partial charge in [0.1, 0.15) is 25.2 Å². The molecular formula is C49H54N4O5. The van der Waals surface area contributed by atoms with Crippen LogP contribution in [0.2, 0.25) is 0 Å². The van der Waals surface area contributed by atoms with Gasteiger partial charge in [0.05, 0.1) is 18.1 Å². The van der Waals surface area contributed by atoms with Gasteiger partial charge in [0.15, 0.2) is 0 Å². The van der Waals surface area contributed by atoms with Crippen molar-refractivity contribution < 1.29 is 23.9 Å². The van der Waals surface area contributed by atoms with Gasteiger partial charge >= 0.3 is 6.09 Å². The van der Waals surface area contributed by atoms with E-state index in [0.29, 0.717) is 0 Å². The maximum absolute atomic E-state index is 15.1. The Morgan fingerprint density at radius 3 is 1.14 bits per heavy atom. The average Bonchev–Trinajstić information content (AvgIpc) is 3.21. The molecule has 0 aliphatic heterocycles. The van der Waals surface area contributed by atoms with Crippen molar-refractivity contribution in [1.82, 2.24) is 19.6 Å². The second-order valence-electron chi connectivity index (χ2n) is 16.2. The Balaban J connectivity index is 1.43. The summed E-state index contributed by atoms with van der Waals surface area (Å²) < 4.78 is 5.94. The second kappa shape index (κ2) is 17.5. The maximum atomic E-state index is 15.1. The Morgan fingerprint density at radius 1 is 0.466 bits per heavy atom. The number of carbonyl (C=O) groups excluding carboxylic acids is 4. The minimum absolute atomic E-state index is 0.191. The fourth-order valence-electron chi connectivity index (χ4n) is 7.67. The highest BCUT2D eigenvalue weighted by atomic mass is 16.6. The van der Waals surface area contributed by atoms with Crippen molar-refractivity contribution >= 4 is 56.1 Å². The van der Waals surface area contributed by atoms with Crippen LogP contribution < -0.4 is 0 Å². The second-order valence-corrected chi connectivity index (χ2v) is 16.2. The Labute approximate surface area is 341 Å². The lowest BCUT2D eigenvalue weighted by atomic mass is 9.97. The van der Waals surface area contributed by atoms with Gasteiger partial charge in [0.2, 0.25) is 17.7 Å². The van der Waals surface area contributed by atoms with Gasteiger partial charge in [-0.15, -0.1) is 0 Å². The van der Waals surface area contributed by atoms with Crippen molar-refractivity contribution in [1.29, 1.82) is 0 Å². The van der Waals surface area contributed by atoms with Crippen molar-refractivity contribution in [3.63, 3.8) is 0 Å². The van der Waals surface area contributed by atoms with E-state index < -0.39 is 41.6 Å². The van der Waals surface area contributed by atoms with Gasteiger partial charge in [-0.2, -0.15) is 0 Å². The molecule has 0 saturated carbocycles. The van der Waals surface area contributed by atoms with Crippen LogP contribution in [-0.2, 0) is 19.1 Å². The average molecular weight is 779 g/mol. The predicted molar refractivity (Wildman–Crippen MR) is 232 cm³/mol. The first kappa shape index (κ1) is 41.4. The number of benzene rings is 6. The van der Waals surface area contributed by atoms with Gasteiger partial charge in [-0.1, -0.05) is 127 Å². The number of fused-ring (bicyclic) bond motifs is 3. The number of ether oxygens (including phenoxy) is 1. The Hall–Kier alpha value is -6.22. The monoisotopic (exact) mass is 778 g/mol. The molecule has 0 unspecified atom stereocenters. The van der Waals surface area contributed by atoms with E-state index in [1.54, 1.807) is 44.7 Å². The standard InChI is InChI=1S/C49H54N4O5/c1-33(39-27-15-21-36-18-9-12-24-42(36)39)51(30-45(54)50(7)8)46(55)31-52(34(2)40-28-16-22-37-19-10-13-25-43(37)40)47(56)32-53(48(57)58-49(4,5)6)35(3)41-29-17-23-38-20-11-14-26-44(38)41/h9-29,33-35H,30-32H2,1-8H3/t33-,34+,35-/m0/s1. The molecule has 0 radical (unpaired) electrons. The molecule has 0 fully saturated rings. The van der Waals surface area contributed by atoms with E-state index in [-0.39, 0.29) is 25.5 Å². The Bertz CT molecular complexity index is 2440. The molecule has 9 heteroatoms. The van der Waals surface area contributed by atoms with Gasteiger partial charge in [0, 0.05) is 14.1 Å². The number of nitrogens with zero attached hydrogens (tertiary/aromatic N) is 4. The smallest absolute Gasteiger partial charge is 0.411 e. The molecule has 0 N–H and O–H groups in total. The highest BCUT2D eigenvalue weighted by Gasteiger charge is 2.35. The zero-order valence-corrected chi connectivity index (χ0v) is 34.8. The molecule has 6 aromatic rings. The number of amides is 4. The molecule has 0 spiro atoms. The van der Waals surface area contributed by atoms with Crippen LogP contribution in [0.5, 0.6) is 0 Å². The van der Waals surface area contributed by atoms with Crippen molar-refractivity contribution in [2.45, 2.75) is 65.3 Å². The van der Waals surface area contributed by atoms with Crippen LogP contribution in [0.15, 0.2) is 127 Å². The topological polar surface area (TPSA) is 90.5 Å². The summed E-state index contributed by atoms with van der Waals surface area (Å²) in [6, 6.07) is 39.9. The van der Waals surface area contributed by atoms with Crippen molar-refractivity contribution in [2.24, 2.45) is 0 Å². The van der Waals surface area contributed by atoms with E-state index in [0.717, 1.165) is 49.0 Å². The minimum Gasteiger partial charge on any atom is -0.444 e. The first-order chi connectivity index (χ1) is 27.6. The van der Waals surface area contributed by atoms with E-state index in [9.17, 15) is 14.4 Å². The highest BCUT2D eigenvalue weighted by molar-refractivity contribution is 5.93. The summed E-state index contributed by atoms with van der Waals surface area (Å²) in [5.41, 5.74) is 1.76. The lowest BCUT2D eigenvalue weighted by Crippen LogP contribution is -2.51. The normalized spacial score (nSPS) is 13.1. The predicted octanol–water partition coefficient (Wildman–Crippen LogP) is 9.71. The lowest BCUT2D eigenvalue weighted by Gasteiger charge is -2.37. The molecule has 0 aliphatic rings. The van der Waals surface area contributed by atoms with Crippen molar-refractivity contribution in [3.05, 3.63) is 144 Å². The molecule has 58 heavy (non-hydrogen) atoms. The Kier molecular flexibility index (Phi) is 12.5. The number of hydrogen-bond donors (Lipinski definition) is 0. The van der Waals surface area contributed by atoms with Crippen LogP contribution in [0.1, 0.15) is 76.4 Å². The first-order valence-corrected chi connectivity index (χ1v) is 19.9. The van der Waals surface area contributed by atoms with E-state index >= 15 is 4.79 Å². The summed E-state index contributed by atoms with van der Waals surface area (Å²) in [6.07, 6.45) is -0.645. The summed E-state index contributed by atoms with van der Waals surface area (Å²) in [7, 11) is 3.32. The zero-order chi connectivity index (χ0) is 41.7. The SMILES string of the molecule is C[C@H](c1cccc2ccccc12)N(CC(=O)N(CC(=O)N(C)C)[C@@H](C)c1cccc2ccccc12)C(=O)CN(C(=O)OC(C)(C)C)[C@@H](C)c1cccc2ccccc12. The van der Waals surface area contributed by atoms with Crippen LogP contribution in [0.3, 0.4) is 0 Å². The van der Waals surface area contributed by atoms with E-state index in [1.165, 1.54) is 9.80 Å². The third-order valence-electron chi connectivity index (χ3n) is 10.9. The number of rotatable bonds is 12. The molecule has 9 nitrogen and oxygen atoms in total. The molecular weight excluding hydrogens is 725 g/mol. The first-order valence-electron chi connectivity index (χ1n) is 19.9. The van der Waals surface area contributed by atoms with Gasteiger partial charge in [0.25, 0.3) is 0 Å². The molecule has 3 atom stereocenters. The lowest BCUT2D eigenvalue weighted by molar-refractivity contribution is -0.147. The van der Waals surface area contributed by atoms with Crippen molar-refractivity contribution in [2.75, 3.05) is 33.7 Å². The van der Waals surface area contributed by atoms with Gasteiger partial charge < -0.3 is 19.4 Å². The van der Waals surface area contributed by atoms with Crippen molar-refractivity contribution in [3.8, 4) is 0 Å². The number of hydrogen-bond acceptors (Lipinski definition) is 5. The highest BCUT2D eigenvalue weighted by Crippen LogP contribution is 2.33. The van der Waals surface area contributed by atoms with E-state index in [2.05, 4.69) is 0 Å². The largest absolute Gasteiger partial charge is 0.444 e. The molecule has 0 aliphatic carbocycles. The molecule has 0 aromatic heterocycles. The number of carbonyl (C=O) groups is 4. The van der Waals surface area contributed by atoms with Crippen LogP contribution in [-0.4, -0.2) is 82.7 Å². The summed E-state index contributed by atoms with van der Waals surface area (Å²) in [4.78, 5) is 63.6. The molecule has 0 bridgehead atoms. The molecule has 4 amide bonds. The fourth-order valence-corrected chi connectivity index (χ4v) is 7.67. The third-order valence-corrected chi connectivity index (χ3v) is 10.9. The van der Waals surface area contributed by atoms with Crippen LogP contribution in [0.4, 0.5) is 4.79 Å². The molecule has 0 heterocycles. The van der Waals surface area contributed by atoms with Gasteiger partial charge in [-0.3, -0.25) is 19.3 Å². The molecule has 6 rings (SSSR count). The molecule has 0 saturated heterocycles. The van der Waals surface area contributed by atoms with Gasteiger partial charge in [-0.05, 0) is 90.6 Å². The summed E-state index contributed by atoms with van der Waals surface area (Å²) >= 11 is 0. The maximum Gasteiger partial charge on any atom is 0.411 e. The van der Waals surface area contributed by atoms with Crippen LogP contribution in [0, 0.1) is 0 Å². The van der Waals surface area contributed by atoms with E-state index in [1.807, 2.05) is 148 Å². The zero-order valence-electron chi connectivity index (χ0n) is 34.8. The van der Waals surface area contributed by atoms with Crippen LogP contribution in [0.25, 0.3) is 32.3 Å². The molecule has 6 aromatic carbocycles. The van der Waals surface area contributed by atoms with Gasteiger partial charge in [-0.25, -0.2) is 4.79 Å². The van der Waals surface area contributed by atoms with E-state index in [4.69, 9.17) is 4.74 Å². The fraction of sp³-hybridized carbons (Fsp3) is 0.306. The quantitative estimate of drug-likeness (QED) is 0.123. The molecule has 300 valence electrons. The minimum atomic E-state index is -0.833. The summed E-state index contributed by atoms with van der Waals surface area (Å²) in [6.45, 7) is 10.2. The number of likely N-dealkylation sites (N-methyl/N-ethyl adjacent to an activating group) is 1. The summed E-state index contributed by atoms with van der Waals surface area (Å²) in [5, 5.41) is 5.89. The van der Waals surface area contributed by atoms with Crippen LogP contribution >= 0.6 is 0 Å². The third kappa shape index (κ3) is 9.15.